The molecule has 0 fully saturated rings. The molecule has 6 aromatic carbocycles. The highest BCUT2D eigenvalue weighted by Crippen LogP contribution is 2.44. The van der Waals surface area contributed by atoms with Crippen molar-refractivity contribution in [3.05, 3.63) is 158 Å². The average molecular weight is 575 g/mol. The Morgan fingerprint density at radius 2 is 1.02 bits per heavy atom. The zero-order valence-electron chi connectivity index (χ0n) is 24.3. The molecule has 9 rings (SSSR count). The van der Waals surface area contributed by atoms with Gasteiger partial charge in [-0.05, 0) is 97.0 Å². The van der Waals surface area contributed by atoms with Crippen molar-refractivity contribution in [2.24, 2.45) is 0 Å². The lowest BCUT2D eigenvalue weighted by Crippen LogP contribution is -2.00. The Hall–Kier alpha value is -6.13. The van der Waals surface area contributed by atoms with E-state index in [2.05, 4.69) is 119 Å². The van der Waals surface area contributed by atoms with E-state index < -0.39 is 0 Å². The highest BCUT2D eigenvalue weighted by Gasteiger charge is 2.20. The molecule has 0 bridgehead atoms. The van der Waals surface area contributed by atoms with Crippen molar-refractivity contribution in [1.29, 1.82) is 0 Å². The molecule has 0 aliphatic heterocycles. The van der Waals surface area contributed by atoms with Gasteiger partial charge < -0.3 is 0 Å². The van der Waals surface area contributed by atoms with Crippen LogP contribution in [0, 0.1) is 0 Å². The van der Waals surface area contributed by atoms with Crippen molar-refractivity contribution in [3.63, 3.8) is 0 Å². The molecule has 0 aliphatic rings. The van der Waals surface area contributed by atoms with Crippen molar-refractivity contribution >= 4 is 43.4 Å². The molecule has 3 heterocycles. The summed E-state index contributed by atoms with van der Waals surface area (Å²) in [5, 5.41) is 7.38. The summed E-state index contributed by atoms with van der Waals surface area (Å²) >= 11 is 0. The van der Waals surface area contributed by atoms with E-state index in [4.69, 9.17) is 9.97 Å². The second-order valence-corrected chi connectivity index (χ2v) is 11.3. The molecule has 4 nitrogen and oxygen atoms in total. The largest absolute Gasteiger partial charge is 0.275 e. The normalized spacial score (nSPS) is 11.6. The fourth-order valence-electron chi connectivity index (χ4n) is 6.71. The van der Waals surface area contributed by atoms with Crippen molar-refractivity contribution in [1.82, 2.24) is 19.5 Å². The third-order valence-corrected chi connectivity index (χ3v) is 8.69. The summed E-state index contributed by atoms with van der Waals surface area (Å²) in [5.74, 6) is 1.57. The Kier molecular flexibility index (Phi) is 5.78. The number of rotatable bonds is 4. The molecule has 0 spiro atoms. The molecular formula is C41H26N4. The average Bonchev–Trinajstić information content (AvgIpc) is 3.50. The van der Waals surface area contributed by atoms with Gasteiger partial charge in [0.05, 0.1) is 11.0 Å². The van der Waals surface area contributed by atoms with Crippen LogP contribution in [0.5, 0.6) is 0 Å². The van der Waals surface area contributed by atoms with Crippen LogP contribution in [-0.2, 0) is 0 Å². The van der Waals surface area contributed by atoms with Gasteiger partial charge in [0.1, 0.15) is 11.5 Å². The highest BCUT2D eigenvalue weighted by molar-refractivity contribution is 6.22. The molecule has 45 heavy (non-hydrogen) atoms. The van der Waals surface area contributed by atoms with E-state index in [1.54, 1.807) is 6.20 Å². The maximum Gasteiger partial charge on any atom is 0.165 e. The standard InChI is InChI=1S/C41H26N4/c1-2-12-28-25-29(20-19-27(28)11-1)39-31-13-3-5-15-33(31)40(34-16-6-4-14-32(34)39)30-21-22-35-37(26-30)45(38-18-8-10-24-43-38)41(44-35)36-17-7-9-23-42-36/h1-26H. The molecule has 0 unspecified atom stereocenters. The topological polar surface area (TPSA) is 43.6 Å². The lowest BCUT2D eigenvalue weighted by Gasteiger charge is -2.18. The minimum Gasteiger partial charge on any atom is -0.275 e. The Balaban J connectivity index is 1.35. The van der Waals surface area contributed by atoms with Gasteiger partial charge >= 0.3 is 0 Å². The molecule has 9 aromatic rings. The molecule has 0 atom stereocenters. The van der Waals surface area contributed by atoms with E-state index in [0.29, 0.717) is 0 Å². The zero-order chi connectivity index (χ0) is 29.7. The lowest BCUT2D eigenvalue weighted by atomic mass is 9.85. The van der Waals surface area contributed by atoms with Crippen molar-refractivity contribution in [3.8, 4) is 39.6 Å². The fourth-order valence-corrected chi connectivity index (χ4v) is 6.71. The van der Waals surface area contributed by atoms with Crippen LogP contribution in [0.2, 0.25) is 0 Å². The van der Waals surface area contributed by atoms with Crippen LogP contribution in [-0.4, -0.2) is 19.5 Å². The highest BCUT2D eigenvalue weighted by atomic mass is 15.1. The van der Waals surface area contributed by atoms with Gasteiger partial charge in [0, 0.05) is 12.4 Å². The number of aromatic nitrogens is 4. The van der Waals surface area contributed by atoms with Crippen LogP contribution >= 0.6 is 0 Å². The van der Waals surface area contributed by atoms with Crippen LogP contribution in [0.1, 0.15) is 0 Å². The van der Waals surface area contributed by atoms with Gasteiger partial charge in [-0.1, -0.05) is 103 Å². The molecule has 4 heteroatoms. The molecule has 0 N–H and O–H groups in total. The summed E-state index contributed by atoms with van der Waals surface area (Å²) in [5.41, 5.74) is 7.50. The summed E-state index contributed by atoms with van der Waals surface area (Å²) in [7, 11) is 0. The molecule has 210 valence electrons. The Morgan fingerprint density at radius 1 is 0.444 bits per heavy atom. The molecule has 0 aliphatic carbocycles. The second kappa shape index (κ2) is 10.2. The van der Waals surface area contributed by atoms with Gasteiger partial charge in [0.2, 0.25) is 0 Å². The first-order valence-electron chi connectivity index (χ1n) is 15.1. The van der Waals surface area contributed by atoms with Crippen molar-refractivity contribution in [2.45, 2.75) is 0 Å². The molecule has 0 amide bonds. The maximum atomic E-state index is 5.06. The van der Waals surface area contributed by atoms with E-state index in [1.807, 2.05) is 42.6 Å². The molecule has 0 radical (unpaired) electrons. The number of fused-ring (bicyclic) bond motifs is 4. The number of pyridine rings is 2. The molecule has 0 saturated heterocycles. The fraction of sp³-hybridized carbons (Fsp3) is 0. The summed E-state index contributed by atoms with van der Waals surface area (Å²) in [6.45, 7) is 0. The zero-order valence-corrected chi connectivity index (χ0v) is 24.3. The van der Waals surface area contributed by atoms with E-state index in [9.17, 15) is 0 Å². The Labute approximate surface area is 259 Å². The van der Waals surface area contributed by atoms with E-state index in [0.717, 1.165) is 33.9 Å². The van der Waals surface area contributed by atoms with Crippen LogP contribution < -0.4 is 0 Å². The van der Waals surface area contributed by atoms with Crippen LogP contribution in [0.4, 0.5) is 0 Å². The maximum absolute atomic E-state index is 5.06. The number of nitrogens with zero attached hydrogens (tertiary/aromatic N) is 4. The lowest BCUT2D eigenvalue weighted by molar-refractivity contribution is 1.02. The van der Waals surface area contributed by atoms with Gasteiger partial charge in [-0.25, -0.2) is 9.97 Å². The number of hydrogen-bond donors (Lipinski definition) is 0. The quantitative estimate of drug-likeness (QED) is 0.196. The Bertz CT molecular complexity index is 2480. The Morgan fingerprint density at radius 3 is 1.67 bits per heavy atom. The monoisotopic (exact) mass is 574 g/mol. The predicted octanol–water partition coefficient (Wildman–Crippen LogP) is 10.3. The van der Waals surface area contributed by atoms with Crippen LogP contribution in [0.25, 0.3) is 82.9 Å². The molecular weight excluding hydrogens is 548 g/mol. The number of imidazole rings is 1. The first kappa shape index (κ1) is 25.4. The number of hydrogen-bond acceptors (Lipinski definition) is 3. The minimum absolute atomic E-state index is 0.766. The van der Waals surface area contributed by atoms with E-state index >= 15 is 0 Å². The third kappa shape index (κ3) is 4.11. The van der Waals surface area contributed by atoms with Crippen LogP contribution in [0.15, 0.2) is 158 Å². The van der Waals surface area contributed by atoms with E-state index in [1.165, 1.54) is 49.0 Å². The summed E-state index contributed by atoms with van der Waals surface area (Å²) in [6, 6.07) is 51.4. The smallest absolute Gasteiger partial charge is 0.165 e. The first-order valence-corrected chi connectivity index (χ1v) is 15.1. The van der Waals surface area contributed by atoms with Crippen molar-refractivity contribution < 1.29 is 0 Å². The molecule has 0 saturated carbocycles. The molecule has 3 aromatic heterocycles. The van der Waals surface area contributed by atoms with Gasteiger partial charge in [-0.2, -0.15) is 0 Å². The SMILES string of the molecule is c1ccc(-c2nc3ccc(-c4c5ccccc5c(-c5ccc6ccccc6c5)c5ccccc45)cc3n2-c2ccccn2)nc1. The minimum atomic E-state index is 0.766. The van der Waals surface area contributed by atoms with Gasteiger partial charge in [0.25, 0.3) is 0 Å². The van der Waals surface area contributed by atoms with Crippen LogP contribution in [0.3, 0.4) is 0 Å². The first-order chi connectivity index (χ1) is 22.3. The second-order valence-electron chi connectivity index (χ2n) is 11.3. The van der Waals surface area contributed by atoms with Gasteiger partial charge in [-0.3, -0.25) is 9.55 Å². The summed E-state index contributed by atoms with van der Waals surface area (Å²) in [6.07, 6.45) is 3.62. The van der Waals surface area contributed by atoms with Gasteiger partial charge in [-0.15, -0.1) is 0 Å². The van der Waals surface area contributed by atoms with Gasteiger partial charge in [0.15, 0.2) is 5.82 Å². The summed E-state index contributed by atoms with van der Waals surface area (Å²) in [4.78, 5) is 14.4. The third-order valence-electron chi connectivity index (χ3n) is 8.69. The predicted molar refractivity (Wildman–Crippen MR) is 185 cm³/mol. The summed E-state index contributed by atoms with van der Waals surface area (Å²) < 4.78 is 2.12. The number of benzene rings is 6. The van der Waals surface area contributed by atoms with E-state index in [-0.39, 0.29) is 0 Å². The van der Waals surface area contributed by atoms with Crippen molar-refractivity contribution in [2.75, 3.05) is 0 Å².